The number of nitrogens with one attached hydrogen (secondary N) is 1. The number of hydrogen-bond acceptors (Lipinski definition) is 2. The Morgan fingerprint density at radius 3 is 2.20 bits per heavy atom. The molecule has 0 atom stereocenters. The summed E-state index contributed by atoms with van der Waals surface area (Å²) >= 11 is 3.28. The molecule has 1 aromatic rings. The third-order valence-electron chi connectivity index (χ3n) is 2.42. The summed E-state index contributed by atoms with van der Waals surface area (Å²) in [6, 6.07) is 6.81. The van der Waals surface area contributed by atoms with Crippen LogP contribution in [0.25, 0.3) is 0 Å². The first kappa shape index (κ1) is 15.8. The number of benzene rings is 1. The molecule has 1 N–H and O–H groups in total. The zero-order valence-electron chi connectivity index (χ0n) is 10.7. The van der Waals surface area contributed by atoms with Crippen molar-refractivity contribution in [2.75, 3.05) is 19.6 Å². The van der Waals surface area contributed by atoms with E-state index in [0.29, 0.717) is 5.56 Å². The molecule has 102 valence electrons. The van der Waals surface area contributed by atoms with Crippen molar-refractivity contribution in [2.24, 2.45) is 0 Å². The van der Waals surface area contributed by atoms with E-state index < -0.39 is 0 Å². The monoisotopic (exact) mass is 332 g/mol. The van der Waals surface area contributed by atoms with E-state index in [-0.39, 0.29) is 31.4 Å². The number of halogens is 1. The van der Waals surface area contributed by atoms with Crippen molar-refractivity contribution >= 4 is 27.7 Å². The zero-order chi connectivity index (χ0) is 15.0. The van der Waals surface area contributed by atoms with Crippen molar-refractivity contribution in [3.8, 4) is 24.7 Å². The van der Waals surface area contributed by atoms with Crippen LogP contribution in [-0.2, 0) is 4.79 Å². The van der Waals surface area contributed by atoms with Gasteiger partial charge in [0.1, 0.15) is 0 Å². The molecule has 0 bridgehead atoms. The van der Waals surface area contributed by atoms with Crippen molar-refractivity contribution in [3.05, 3.63) is 34.3 Å². The number of terminal acetylenes is 2. The quantitative estimate of drug-likeness (QED) is 0.825. The number of hydrogen-bond donors (Lipinski definition) is 1. The Labute approximate surface area is 126 Å². The lowest BCUT2D eigenvalue weighted by atomic mass is 10.2. The van der Waals surface area contributed by atoms with Crippen LogP contribution < -0.4 is 5.32 Å². The number of amides is 2. The summed E-state index contributed by atoms with van der Waals surface area (Å²) in [5.41, 5.74) is 0.474. The van der Waals surface area contributed by atoms with Gasteiger partial charge in [0.25, 0.3) is 5.91 Å². The van der Waals surface area contributed by atoms with Gasteiger partial charge in [-0.1, -0.05) is 27.8 Å². The molecule has 4 nitrogen and oxygen atoms in total. The SMILES string of the molecule is C#CCN(CC#C)C(=O)CNC(=O)c1ccc(Br)cc1. The molecule has 1 aromatic carbocycles. The van der Waals surface area contributed by atoms with Crippen LogP contribution in [0.1, 0.15) is 10.4 Å². The van der Waals surface area contributed by atoms with Crippen LogP contribution in [0.5, 0.6) is 0 Å². The molecule has 0 saturated carbocycles. The molecule has 0 fully saturated rings. The van der Waals surface area contributed by atoms with E-state index in [4.69, 9.17) is 12.8 Å². The molecular formula is C15H13BrN2O2. The number of rotatable bonds is 5. The second kappa shape index (κ2) is 8.04. The molecular weight excluding hydrogens is 320 g/mol. The summed E-state index contributed by atoms with van der Waals surface area (Å²) in [7, 11) is 0. The van der Waals surface area contributed by atoms with Gasteiger partial charge in [0.05, 0.1) is 19.6 Å². The predicted molar refractivity (Wildman–Crippen MR) is 80.7 cm³/mol. The molecule has 1 rings (SSSR count). The van der Waals surface area contributed by atoms with Crippen LogP contribution in [0.4, 0.5) is 0 Å². The highest BCUT2D eigenvalue weighted by Crippen LogP contribution is 2.10. The zero-order valence-corrected chi connectivity index (χ0v) is 12.3. The van der Waals surface area contributed by atoms with Gasteiger partial charge in [-0.15, -0.1) is 12.8 Å². The van der Waals surface area contributed by atoms with Crippen molar-refractivity contribution < 1.29 is 9.59 Å². The second-order valence-electron chi connectivity index (χ2n) is 3.85. The minimum atomic E-state index is -0.327. The first-order valence-electron chi connectivity index (χ1n) is 5.77. The summed E-state index contributed by atoms with van der Waals surface area (Å²) in [6.45, 7) is 0.104. The molecule has 20 heavy (non-hydrogen) atoms. The Hall–Kier alpha value is -2.24. The first-order valence-corrected chi connectivity index (χ1v) is 6.56. The van der Waals surface area contributed by atoms with Gasteiger partial charge in [-0.05, 0) is 24.3 Å². The molecule has 0 heterocycles. The normalized spacial score (nSPS) is 9.15. The highest BCUT2D eigenvalue weighted by Gasteiger charge is 2.13. The van der Waals surface area contributed by atoms with Crippen molar-refractivity contribution in [1.29, 1.82) is 0 Å². The summed E-state index contributed by atoms with van der Waals surface area (Å²) in [5, 5.41) is 2.53. The minimum absolute atomic E-state index is 0.122. The van der Waals surface area contributed by atoms with Gasteiger partial charge in [-0.3, -0.25) is 9.59 Å². The highest BCUT2D eigenvalue weighted by molar-refractivity contribution is 9.10. The van der Waals surface area contributed by atoms with Crippen LogP contribution >= 0.6 is 15.9 Å². The van der Waals surface area contributed by atoms with Gasteiger partial charge in [0.15, 0.2) is 0 Å². The summed E-state index contributed by atoms with van der Waals surface area (Å²) in [6.07, 6.45) is 10.3. The van der Waals surface area contributed by atoms with Crippen molar-refractivity contribution in [2.45, 2.75) is 0 Å². The maximum absolute atomic E-state index is 11.8. The average Bonchev–Trinajstić information content (AvgIpc) is 2.45. The lowest BCUT2D eigenvalue weighted by Crippen LogP contribution is -2.40. The molecule has 0 aromatic heterocycles. The minimum Gasteiger partial charge on any atom is -0.343 e. The third kappa shape index (κ3) is 4.79. The van der Waals surface area contributed by atoms with Crippen LogP contribution in [0, 0.1) is 24.7 Å². The molecule has 0 saturated heterocycles. The maximum Gasteiger partial charge on any atom is 0.251 e. The Morgan fingerprint density at radius 2 is 1.70 bits per heavy atom. The largest absolute Gasteiger partial charge is 0.343 e. The molecule has 5 heteroatoms. The van der Waals surface area contributed by atoms with Crippen LogP contribution in [-0.4, -0.2) is 36.3 Å². The predicted octanol–water partition coefficient (Wildman–Crippen LogP) is 1.27. The maximum atomic E-state index is 11.8. The standard InChI is InChI=1S/C15H13BrN2O2/c1-3-9-18(10-4-2)14(19)11-17-15(20)12-5-7-13(16)8-6-12/h1-2,5-8H,9-11H2,(H,17,20). The van der Waals surface area contributed by atoms with E-state index >= 15 is 0 Å². The second-order valence-corrected chi connectivity index (χ2v) is 4.76. The fraction of sp³-hybridized carbons (Fsp3) is 0.200. The molecule has 0 radical (unpaired) electrons. The highest BCUT2D eigenvalue weighted by atomic mass is 79.9. The van der Waals surface area contributed by atoms with Gasteiger partial charge >= 0.3 is 0 Å². The third-order valence-corrected chi connectivity index (χ3v) is 2.95. The number of nitrogens with zero attached hydrogens (tertiary/aromatic N) is 1. The Balaban J connectivity index is 2.56. The molecule has 0 aliphatic heterocycles. The average molecular weight is 333 g/mol. The van der Waals surface area contributed by atoms with Crippen LogP contribution in [0.15, 0.2) is 28.7 Å². The van der Waals surface area contributed by atoms with E-state index in [1.165, 1.54) is 4.90 Å². The van der Waals surface area contributed by atoms with Gasteiger partial charge < -0.3 is 10.2 Å². The molecule has 2 amide bonds. The van der Waals surface area contributed by atoms with Crippen molar-refractivity contribution in [3.63, 3.8) is 0 Å². The van der Waals surface area contributed by atoms with Gasteiger partial charge in [-0.25, -0.2) is 0 Å². The van der Waals surface area contributed by atoms with Crippen LogP contribution in [0.2, 0.25) is 0 Å². The van der Waals surface area contributed by atoms with E-state index in [1.807, 2.05) is 0 Å². The Kier molecular flexibility index (Phi) is 6.36. The lowest BCUT2D eigenvalue weighted by Gasteiger charge is -2.17. The van der Waals surface area contributed by atoms with E-state index in [0.717, 1.165) is 4.47 Å². The summed E-state index contributed by atoms with van der Waals surface area (Å²) in [4.78, 5) is 25.0. The van der Waals surface area contributed by atoms with Gasteiger partial charge in [0.2, 0.25) is 5.91 Å². The number of carbonyl (C=O) groups is 2. The molecule has 0 aliphatic carbocycles. The molecule has 0 unspecified atom stereocenters. The Morgan fingerprint density at radius 1 is 1.15 bits per heavy atom. The topological polar surface area (TPSA) is 49.4 Å². The van der Waals surface area contributed by atoms with E-state index in [2.05, 4.69) is 33.1 Å². The lowest BCUT2D eigenvalue weighted by molar-refractivity contribution is -0.128. The van der Waals surface area contributed by atoms with Gasteiger partial charge in [-0.2, -0.15) is 0 Å². The number of carbonyl (C=O) groups excluding carboxylic acids is 2. The summed E-state index contributed by atoms with van der Waals surface area (Å²) in [5.74, 6) is 4.06. The summed E-state index contributed by atoms with van der Waals surface area (Å²) < 4.78 is 0.874. The van der Waals surface area contributed by atoms with Gasteiger partial charge in [0, 0.05) is 10.0 Å². The van der Waals surface area contributed by atoms with E-state index in [9.17, 15) is 9.59 Å². The fourth-order valence-corrected chi connectivity index (χ4v) is 1.69. The van der Waals surface area contributed by atoms with Crippen LogP contribution in [0.3, 0.4) is 0 Å². The molecule has 0 spiro atoms. The van der Waals surface area contributed by atoms with E-state index in [1.54, 1.807) is 24.3 Å². The fourth-order valence-electron chi connectivity index (χ4n) is 1.42. The van der Waals surface area contributed by atoms with Crippen molar-refractivity contribution in [1.82, 2.24) is 10.2 Å². The first-order chi connectivity index (χ1) is 9.58. The molecule has 0 aliphatic rings. The Bertz CT molecular complexity index is 551. The smallest absolute Gasteiger partial charge is 0.251 e.